The molecule has 2 heterocycles. The number of amides is 2. The number of carbonyl (C=O) groups is 2. The fourth-order valence-electron chi connectivity index (χ4n) is 2.21. The highest BCUT2D eigenvalue weighted by molar-refractivity contribution is 5.95. The number of pyridine rings is 1. The summed E-state index contributed by atoms with van der Waals surface area (Å²) in [5, 5.41) is 9.25. The molecule has 0 aliphatic carbocycles. The molecule has 0 unspecified atom stereocenters. The number of halogens is 1. The summed E-state index contributed by atoms with van der Waals surface area (Å²) < 4.78 is 14.6. The van der Waals surface area contributed by atoms with E-state index in [1.54, 1.807) is 28.9 Å². The van der Waals surface area contributed by atoms with Crippen molar-refractivity contribution < 1.29 is 14.0 Å². The summed E-state index contributed by atoms with van der Waals surface area (Å²) >= 11 is 0. The van der Waals surface area contributed by atoms with E-state index >= 15 is 0 Å². The molecule has 0 aliphatic heterocycles. The first-order chi connectivity index (χ1) is 11.6. The predicted octanol–water partition coefficient (Wildman–Crippen LogP) is 1.52. The molecule has 0 bridgehead atoms. The van der Waals surface area contributed by atoms with Crippen LogP contribution in [0.5, 0.6) is 0 Å². The topological polar surface area (TPSA) is 75.5 Å². The van der Waals surface area contributed by atoms with E-state index in [1.807, 2.05) is 18.2 Å². The van der Waals surface area contributed by atoms with E-state index in [0.29, 0.717) is 5.56 Å². The fraction of sp³-hybridized carbons (Fsp3) is 0.118. The summed E-state index contributed by atoms with van der Waals surface area (Å²) in [6.07, 6.45) is 1.73. The molecule has 0 radical (unpaired) electrons. The van der Waals surface area contributed by atoms with E-state index in [-0.39, 0.29) is 30.5 Å². The van der Waals surface area contributed by atoms with Crippen LogP contribution in [0.15, 0.2) is 54.7 Å². The fourth-order valence-corrected chi connectivity index (χ4v) is 2.21. The average molecular weight is 326 g/mol. The Labute approximate surface area is 137 Å². The van der Waals surface area contributed by atoms with Crippen molar-refractivity contribution in [2.45, 2.75) is 6.54 Å². The number of nitrogens with zero attached hydrogens (tertiary/aromatic N) is 2. The third kappa shape index (κ3) is 3.75. The molecule has 0 spiro atoms. The third-order valence-electron chi connectivity index (χ3n) is 3.39. The lowest BCUT2D eigenvalue weighted by molar-refractivity contribution is -0.120. The first-order valence-corrected chi connectivity index (χ1v) is 7.35. The predicted molar refractivity (Wildman–Crippen MR) is 85.8 cm³/mol. The SMILES string of the molecule is O=C(CNC(=O)c1cc2ccccn2n1)NCc1cccc(F)c1. The van der Waals surface area contributed by atoms with Gasteiger partial charge in [0, 0.05) is 12.7 Å². The Morgan fingerprint density at radius 1 is 1.08 bits per heavy atom. The third-order valence-corrected chi connectivity index (χ3v) is 3.39. The van der Waals surface area contributed by atoms with Crippen LogP contribution >= 0.6 is 0 Å². The van der Waals surface area contributed by atoms with E-state index in [1.165, 1.54) is 12.1 Å². The number of hydrogen-bond acceptors (Lipinski definition) is 3. The highest BCUT2D eigenvalue weighted by Gasteiger charge is 2.12. The molecule has 0 fully saturated rings. The zero-order valence-electron chi connectivity index (χ0n) is 12.7. The van der Waals surface area contributed by atoms with Crippen LogP contribution in [0.25, 0.3) is 5.52 Å². The van der Waals surface area contributed by atoms with E-state index in [0.717, 1.165) is 5.52 Å². The molecule has 3 rings (SSSR count). The Hall–Kier alpha value is -3.22. The molecular formula is C17H15FN4O2. The summed E-state index contributed by atoms with van der Waals surface area (Å²) in [5.41, 5.74) is 1.67. The summed E-state index contributed by atoms with van der Waals surface area (Å²) in [7, 11) is 0. The van der Waals surface area contributed by atoms with Crippen LogP contribution in [0.1, 0.15) is 16.1 Å². The summed E-state index contributed by atoms with van der Waals surface area (Å²) in [6, 6.07) is 13.1. The van der Waals surface area contributed by atoms with Gasteiger partial charge in [-0.3, -0.25) is 9.59 Å². The van der Waals surface area contributed by atoms with Crippen LogP contribution in [0.3, 0.4) is 0 Å². The zero-order chi connectivity index (χ0) is 16.9. The lowest BCUT2D eigenvalue weighted by Gasteiger charge is -2.06. The zero-order valence-corrected chi connectivity index (χ0v) is 12.7. The quantitative estimate of drug-likeness (QED) is 0.746. The van der Waals surface area contributed by atoms with Gasteiger partial charge in [0.25, 0.3) is 5.91 Å². The number of hydrogen-bond donors (Lipinski definition) is 2. The first-order valence-electron chi connectivity index (χ1n) is 7.35. The number of carbonyl (C=O) groups excluding carboxylic acids is 2. The molecule has 7 heteroatoms. The second kappa shape index (κ2) is 6.91. The van der Waals surface area contributed by atoms with Gasteiger partial charge in [-0.25, -0.2) is 8.91 Å². The Morgan fingerprint density at radius 3 is 2.75 bits per heavy atom. The van der Waals surface area contributed by atoms with Crippen LogP contribution < -0.4 is 10.6 Å². The Morgan fingerprint density at radius 2 is 1.96 bits per heavy atom. The van der Waals surface area contributed by atoms with Crippen LogP contribution in [0.4, 0.5) is 4.39 Å². The maximum absolute atomic E-state index is 13.0. The van der Waals surface area contributed by atoms with Crippen LogP contribution in [-0.4, -0.2) is 28.0 Å². The van der Waals surface area contributed by atoms with Gasteiger partial charge in [0.05, 0.1) is 12.1 Å². The normalized spacial score (nSPS) is 10.5. The summed E-state index contributed by atoms with van der Waals surface area (Å²) in [5.74, 6) is -1.15. The molecule has 24 heavy (non-hydrogen) atoms. The van der Waals surface area contributed by atoms with E-state index < -0.39 is 5.91 Å². The second-order valence-electron chi connectivity index (χ2n) is 5.19. The molecule has 0 saturated heterocycles. The Balaban J connectivity index is 1.51. The maximum Gasteiger partial charge on any atom is 0.272 e. The maximum atomic E-state index is 13.0. The van der Waals surface area contributed by atoms with Gasteiger partial charge in [0.15, 0.2) is 5.69 Å². The van der Waals surface area contributed by atoms with Crippen molar-refractivity contribution in [3.63, 3.8) is 0 Å². The first kappa shape index (κ1) is 15.7. The van der Waals surface area contributed by atoms with Gasteiger partial charge in [-0.15, -0.1) is 0 Å². The molecule has 6 nitrogen and oxygen atoms in total. The molecule has 0 saturated carbocycles. The minimum Gasteiger partial charge on any atom is -0.350 e. The molecule has 122 valence electrons. The second-order valence-corrected chi connectivity index (χ2v) is 5.19. The van der Waals surface area contributed by atoms with Crippen LogP contribution in [0.2, 0.25) is 0 Å². The lowest BCUT2D eigenvalue weighted by atomic mass is 10.2. The van der Waals surface area contributed by atoms with Crippen LogP contribution in [0, 0.1) is 5.82 Å². The molecule has 0 aliphatic rings. The number of benzene rings is 1. The van der Waals surface area contributed by atoms with Crippen molar-refractivity contribution >= 4 is 17.3 Å². The molecule has 3 aromatic rings. The molecule has 2 aromatic heterocycles. The number of nitrogens with one attached hydrogen (secondary N) is 2. The molecule has 1 aromatic carbocycles. The number of aromatic nitrogens is 2. The van der Waals surface area contributed by atoms with Gasteiger partial charge in [-0.1, -0.05) is 18.2 Å². The number of fused-ring (bicyclic) bond motifs is 1. The minimum atomic E-state index is -0.431. The van der Waals surface area contributed by atoms with Gasteiger partial charge in [0.1, 0.15) is 5.82 Å². The summed E-state index contributed by atoms with van der Waals surface area (Å²) in [4.78, 5) is 23.8. The monoisotopic (exact) mass is 326 g/mol. The lowest BCUT2D eigenvalue weighted by Crippen LogP contribution is -2.36. The van der Waals surface area contributed by atoms with Crippen molar-refractivity contribution in [1.29, 1.82) is 0 Å². The van der Waals surface area contributed by atoms with Crippen molar-refractivity contribution in [1.82, 2.24) is 20.2 Å². The number of rotatable bonds is 5. The highest BCUT2D eigenvalue weighted by Crippen LogP contribution is 2.05. The largest absolute Gasteiger partial charge is 0.350 e. The van der Waals surface area contributed by atoms with E-state index in [2.05, 4.69) is 15.7 Å². The Bertz CT molecular complexity index is 858. The van der Waals surface area contributed by atoms with Gasteiger partial charge in [-0.05, 0) is 35.9 Å². The van der Waals surface area contributed by atoms with Gasteiger partial charge in [0.2, 0.25) is 5.91 Å². The standard InChI is InChI=1S/C17H15FN4O2/c18-13-5-3-4-12(8-13)10-19-16(23)11-20-17(24)15-9-14-6-1-2-7-22(14)21-15/h1-9H,10-11H2,(H,19,23)(H,20,24). The molecule has 2 N–H and O–H groups in total. The molecule has 0 atom stereocenters. The van der Waals surface area contributed by atoms with Crippen molar-refractivity contribution in [2.24, 2.45) is 0 Å². The van der Waals surface area contributed by atoms with Gasteiger partial charge >= 0.3 is 0 Å². The van der Waals surface area contributed by atoms with Gasteiger partial charge in [-0.2, -0.15) is 5.10 Å². The highest BCUT2D eigenvalue weighted by atomic mass is 19.1. The smallest absolute Gasteiger partial charge is 0.272 e. The van der Waals surface area contributed by atoms with Gasteiger partial charge < -0.3 is 10.6 Å². The Kier molecular flexibility index (Phi) is 4.51. The molecular weight excluding hydrogens is 311 g/mol. The van der Waals surface area contributed by atoms with Crippen molar-refractivity contribution in [3.8, 4) is 0 Å². The van der Waals surface area contributed by atoms with Crippen molar-refractivity contribution in [3.05, 3.63) is 71.8 Å². The van der Waals surface area contributed by atoms with E-state index in [9.17, 15) is 14.0 Å². The minimum absolute atomic E-state index is 0.179. The van der Waals surface area contributed by atoms with Crippen LogP contribution in [-0.2, 0) is 11.3 Å². The van der Waals surface area contributed by atoms with Crippen molar-refractivity contribution in [2.75, 3.05) is 6.54 Å². The molecule has 2 amide bonds. The summed E-state index contributed by atoms with van der Waals surface area (Å²) in [6.45, 7) is 0.0167. The van der Waals surface area contributed by atoms with E-state index in [4.69, 9.17) is 0 Å². The average Bonchev–Trinajstić information content (AvgIpc) is 3.02.